The molecule has 0 radical (unpaired) electrons. The molecule has 2 aromatic carbocycles. The molecule has 146 valence electrons. The summed E-state index contributed by atoms with van der Waals surface area (Å²) < 4.78 is 41.4. The first kappa shape index (κ1) is 21.0. The number of rotatable bonds is 8. The van der Waals surface area contributed by atoms with E-state index in [0.717, 1.165) is 16.7 Å². The summed E-state index contributed by atoms with van der Waals surface area (Å²) >= 11 is 0. The van der Waals surface area contributed by atoms with E-state index in [-0.39, 0.29) is 18.4 Å². The first-order chi connectivity index (χ1) is 12.6. The van der Waals surface area contributed by atoms with Gasteiger partial charge in [-0.1, -0.05) is 66.9 Å². The maximum absolute atomic E-state index is 13.8. The van der Waals surface area contributed by atoms with Crippen molar-refractivity contribution in [2.45, 2.75) is 57.5 Å². The molecule has 0 aliphatic heterocycles. The van der Waals surface area contributed by atoms with Crippen molar-refractivity contribution in [1.29, 1.82) is 0 Å². The van der Waals surface area contributed by atoms with Crippen LogP contribution in [0.4, 0.5) is 13.2 Å². The number of aryl methyl sites for hydroxylation is 1. The quantitative estimate of drug-likeness (QED) is 0.531. The summed E-state index contributed by atoms with van der Waals surface area (Å²) in [5.41, 5.74) is 1.27. The van der Waals surface area contributed by atoms with E-state index in [4.69, 9.17) is 5.11 Å². The molecule has 1 N–H and O–H groups in total. The normalized spacial score (nSPS) is 14.0. The fourth-order valence-electron chi connectivity index (χ4n) is 3.16. The van der Waals surface area contributed by atoms with Gasteiger partial charge in [0.15, 0.2) is 0 Å². The van der Waals surface area contributed by atoms with Gasteiger partial charge in [0.2, 0.25) is 0 Å². The lowest BCUT2D eigenvalue weighted by Gasteiger charge is -2.33. The summed E-state index contributed by atoms with van der Waals surface area (Å²) in [5.74, 6) is -0.916. The van der Waals surface area contributed by atoms with Crippen LogP contribution >= 0.6 is 0 Å². The summed E-state index contributed by atoms with van der Waals surface area (Å²) in [4.78, 5) is 10.5. The highest BCUT2D eigenvalue weighted by molar-refractivity contribution is 5.66. The Balaban J connectivity index is 2.15. The van der Waals surface area contributed by atoms with Crippen molar-refractivity contribution in [3.8, 4) is 11.1 Å². The third-order valence-corrected chi connectivity index (χ3v) is 5.10. The highest BCUT2D eigenvalue weighted by Crippen LogP contribution is 2.45. The van der Waals surface area contributed by atoms with Gasteiger partial charge in [-0.25, -0.2) is 0 Å². The molecule has 0 fully saturated rings. The van der Waals surface area contributed by atoms with Crippen LogP contribution in [0.3, 0.4) is 0 Å². The Morgan fingerprint density at radius 3 is 1.89 bits per heavy atom. The molecule has 27 heavy (non-hydrogen) atoms. The average molecular weight is 378 g/mol. The van der Waals surface area contributed by atoms with E-state index in [1.54, 1.807) is 24.3 Å². The van der Waals surface area contributed by atoms with Crippen LogP contribution in [-0.2, 0) is 10.2 Å². The third kappa shape index (κ3) is 5.34. The minimum absolute atomic E-state index is 0.00597. The second-order valence-electron chi connectivity index (χ2n) is 7.23. The maximum Gasteiger partial charge on any atom is 0.398 e. The lowest BCUT2D eigenvalue weighted by Crippen LogP contribution is -2.39. The molecule has 0 aliphatic rings. The lowest BCUT2D eigenvalue weighted by atomic mass is 9.77. The molecular formula is C22H25F3O2. The Hall–Kier alpha value is -2.30. The zero-order valence-electron chi connectivity index (χ0n) is 15.6. The van der Waals surface area contributed by atoms with E-state index in [1.807, 2.05) is 31.2 Å². The van der Waals surface area contributed by atoms with Crippen molar-refractivity contribution in [1.82, 2.24) is 0 Å². The van der Waals surface area contributed by atoms with Crippen LogP contribution in [0.5, 0.6) is 0 Å². The number of benzene rings is 2. The van der Waals surface area contributed by atoms with Crippen LogP contribution in [0, 0.1) is 6.92 Å². The monoisotopic (exact) mass is 378 g/mol. The highest BCUT2D eigenvalue weighted by atomic mass is 19.4. The number of unbranched alkanes of at least 4 members (excludes halogenated alkanes) is 2. The number of halogens is 3. The number of carboxylic acids is 1. The number of carbonyl (C=O) groups is 1. The van der Waals surface area contributed by atoms with Crippen LogP contribution in [0.25, 0.3) is 11.1 Å². The second kappa shape index (κ2) is 8.59. The molecule has 2 nitrogen and oxygen atoms in total. The van der Waals surface area contributed by atoms with E-state index in [2.05, 4.69) is 0 Å². The van der Waals surface area contributed by atoms with Crippen molar-refractivity contribution in [3.05, 3.63) is 59.7 Å². The topological polar surface area (TPSA) is 37.3 Å². The van der Waals surface area contributed by atoms with Crippen molar-refractivity contribution >= 4 is 5.97 Å². The van der Waals surface area contributed by atoms with Gasteiger partial charge in [-0.05, 0) is 43.4 Å². The van der Waals surface area contributed by atoms with Crippen LogP contribution < -0.4 is 0 Å². The molecule has 0 aromatic heterocycles. The summed E-state index contributed by atoms with van der Waals surface area (Å²) in [5, 5.41) is 8.64. The number of hydrogen-bond donors (Lipinski definition) is 1. The van der Waals surface area contributed by atoms with E-state index in [1.165, 1.54) is 6.92 Å². The zero-order chi connectivity index (χ0) is 20.1. The third-order valence-electron chi connectivity index (χ3n) is 5.10. The van der Waals surface area contributed by atoms with Crippen LogP contribution in [0.1, 0.15) is 50.2 Å². The largest absolute Gasteiger partial charge is 0.481 e. The Morgan fingerprint density at radius 1 is 0.889 bits per heavy atom. The van der Waals surface area contributed by atoms with Gasteiger partial charge in [-0.3, -0.25) is 4.79 Å². The molecule has 2 aromatic rings. The van der Waals surface area contributed by atoms with Crippen molar-refractivity contribution < 1.29 is 23.1 Å². The average Bonchev–Trinajstić information content (AvgIpc) is 2.61. The Morgan fingerprint density at radius 2 is 1.41 bits per heavy atom. The van der Waals surface area contributed by atoms with Crippen LogP contribution in [0.15, 0.2) is 48.5 Å². The van der Waals surface area contributed by atoms with Crippen molar-refractivity contribution in [2.24, 2.45) is 0 Å². The van der Waals surface area contributed by atoms with Gasteiger partial charge in [0, 0.05) is 6.42 Å². The number of carboxylic acid groups (broad SMARTS) is 1. The fraction of sp³-hybridized carbons (Fsp3) is 0.409. The summed E-state index contributed by atoms with van der Waals surface area (Å²) in [6.07, 6.45) is -3.22. The minimum atomic E-state index is -4.37. The SMILES string of the molecule is Cc1ccc(-c2ccc(C(C)(CCCCCC(=O)O)C(F)(F)F)cc2)cc1. The predicted octanol–water partition coefficient (Wildman–Crippen LogP) is 6.52. The van der Waals surface area contributed by atoms with Crippen LogP contribution in [0.2, 0.25) is 0 Å². The van der Waals surface area contributed by atoms with Gasteiger partial charge in [-0.2, -0.15) is 13.2 Å². The van der Waals surface area contributed by atoms with E-state index in [0.29, 0.717) is 19.3 Å². The summed E-state index contributed by atoms with van der Waals surface area (Å²) in [7, 11) is 0. The maximum atomic E-state index is 13.8. The molecule has 0 heterocycles. The minimum Gasteiger partial charge on any atom is -0.481 e. The van der Waals surface area contributed by atoms with Gasteiger partial charge in [0.25, 0.3) is 0 Å². The van der Waals surface area contributed by atoms with Crippen molar-refractivity contribution in [3.63, 3.8) is 0 Å². The summed E-state index contributed by atoms with van der Waals surface area (Å²) in [6, 6.07) is 14.4. The molecule has 0 aliphatic carbocycles. The molecule has 1 unspecified atom stereocenters. The van der Waals surface area contributed by atoms with Crippen LogP contribution in [-0.4, -0.2) is 17.3 Å². The van der Waals surface area contributed by atoms with E-state index >= 15 is 0 Å². The molecule has 0 bridgehead atoms. The predicted molar refractivity (Wildman–Crippen MR) is 101 cm³/mol. The lowest BCUT2D eigenvalue weighted by molar-refractivity contribution is -0.188. The van der Waals surface area contributed by atoms with E-state index < -0.39 is 17.6 Å². The van der Waals surface area contributed by atoms with Gasteiger partial charge >= 0.3 is 12.1 Å². The zero-order valence-corrected chi connectivity index (χ0v) is 15.6. The Kier molecular flexibility index (Phi) is 6.68. The molecule has 0 saturated carbocycles. The first-order valence-electron chi connectivity index (χ1n) is 9.09. The van der Waals surface area contributed by atoms with Gasteiger partial charge in [0.05, 0.1) is 5.41 Å². The number of alkyl halides is 3. The molecule has 2 rings (SSSR count). The smallest absolute Gasteiger partial charge is 0.398 e. The number of aliphatic carboxylic acids is 1. The Bertz CT molecular complexity index is 749. The number of hydrogen-bond acceptors (Lipinski definition) is 1. The molecule has 0 amide bonds. The van der Waals surface area contributed by atoms with Crippen molar-refractivity contribution in [2.75, 3.05) is 0 Å². The molecule has 1 atom stereocenters. The van der Waals surface area contributed by atoms with Gasteiger partial charge < -0.3 is 5.11 Å². The standard InChI is InChI=1S/C22H25F3O2/c1-16-7-9-17(10-8-16)18-11-13-19(14-12-18)21(2,22(23,24)25)15-5-3-4-6-20(26)27/h7-14H,3-6,15H2,1-2H3,(H,26,27). The molecule has 0 spiro atoms. The van der Waals surface area contributed by atoms with Gasteiger partial charge in [0.1, 0.15) is 0 Å². The molecule has 0 saturated heterocycles. The first-order valence-corrected chi connectivity index (χ1v) is 9.09. The molecule has 5 heteroatoms. The Labute approximate surface area is 158 Å². The van der Waals surface area contributed by atoms with Gasteiger partial charge in [-0.15, -0.1) is 0 Å². The second-order valence-corrected chi connectivity index (χ2v) is 7.23. The summed E-state index contributed by atoms with van der Waals surface area (Å²) in [6.45, 7) is 3.21. The van der Waals surface area contributed by atoms with E-state index in [9.17, 15) is 18.0 Å². The molecular weight excluding hydrogens is 353 g/mol. The highest BCUT2D eigenvalue weighted by Gasteiger charge is 2.51. The fourth-order valence-corrected chi connectivity index (χ4v) is 3.16.